The smallest absolute Gasteiger partial charge is 0.251 e. The molecule has 3 aromatic carbocycles. The van der Waals surface area contributed by atoms with Gasteiger partial charge in [0, 0.05) is 24.2 Å². The van der Waals surface area contributed by atoms with Gasteiger partial charge in [-0.2, -0.15) is 0 Å². The van der Waals surface area contributed by atoms with Crippen molar-refractivity contribution in [2.75, 3.05) is 11.9 Å². The molecule has 0 radical (unpaired) electrons. The highest BCUT2D eigenvalue weighted by Crippen LogP contribution is 2.18. The molecule has 33 heavy (non-hydrogen) atoms. The number of imidazole rings is 1. The molecule has 4 rings (SSSR count). The minimum absolute atomic E-state index is 0.0824. The first-order valence-corrected chi connectivity index (χ1v) is 11.1. The summed E-state index contributed by atoms with van der Waals surface area (Å²) in [6.07, 6.45) is 1.38. The van der Waals surface area contributed by atoms with Gasteiger partial charge in [-0.15, -0.1) is 0 Å². The van der Waals surface area contributed by atoms with Crippen LogP contribution in [0.4, 0.5) is 5.69 Å². The number of fused-ring (bicyclic) bond motifs is 1. The van der Waals surface area contributed by atoms with E-state index >= 15 is 0 Å². The van der Waals surface area contributed by atoms with E-state index in [1.165, 1.54) is 0 Å². The first-order valence-electron chi connectivity index (χ1n) is 11.1. The Hall–Kier alpha value is -3.93. The van der Waals surface area contributed by atoms with E-state index in [1.807, 2.05) is 91.2 Å². The van der Waals surface area contributed by atoms with E-state index in [4.69, 9.17) is 4.98 Å². The van der Waals surface area contributed by atoms with Crippen LogP contribution in [-0.2, 0) is 17.8 Å². The van der Waals surface area contributed by atoms with Gasteiger partial charge in [-0.1, -0.05) is 47.5 Å². The number of hydrogen-bond acceptors (Lipinski definition) is 3. The second-order valence-corrected chi connectivity index (χ2v) is 8.24. The molecule has 0 unspecified atom stereocenters. The number of anilines is 1. The van der Waals surface area contributed by atoms with Gasteiger partial charge in [0.05, 0.1) is 11.0 Å². The average molecular weight is 441 g/mol. The van der Waals surface area contributed by atoms with Crippen molar-refractivity contribution < 1.29 is 9.59 Å². The summed E-state index contributed by atoms with van der Waals surface area (Å²) in [6, 6.07) is 23.1. The molecule has 0 saturated heterocycles. The maximum Gasteiger partial charge on any atom is 0.251 e. The van der Waals surface area contributed by atoms with Crippen LogP contribution >= 0.6 is 0 Å². The molecule has 0 aliphatic rings. The van der Waals surface area contributed by atoms with Crippen LogP contribution in [0.5, 0.6) is 0 Å². The van der Waals surface area contributed by atoms with Crippen LogP contribution in [0.15, 0.2) is 72.8 Å². The zero-order valence-electron chi connectivity index (χ0n) is 19.0. The second-order valence-electron chi connectivity index (χ2n) is 8.24. The predicted molar refractivity (Wildman–Crippen MR) is 131 cm³/mol. The molecule has 1 aromatic heterocycles. The average Bonchev–Trinajstić information content (AvgIpc) is 3.15. The van der Waals surface area contributed by atoms with E-state index in [2.05, 4.69) is 10.6 Å². The topological polar surface area (TPSA) is 76.0 Å². The van der Waals surface area contributed by atoms with E-state index in [0.29, 0.717) is 18.5 Å². The number of benzene rings is 3. The van der Waals surface area contributed by atoms with Crippen molar-refractivity contribution in [3.63, 3.8) is 0 Å². The highest BCUT2D eigenvalue weighted by Gasteiger charge is 2.14. The summed E-state index contributed by atoms with van der Waals surface area (Å²) in [5, 5.41) is 5.92. The van der Waals surface area contributed by atoms with Crippen LogP contribution in [-0.4, -0.2) is 27.9 Å². The Morgan fingerprint density at radius 1 is 0.879 bits per heavy atom. The summed E-state index contributed by atoms with van der Waals surface area (Å²) in [4.78, 5) is 29.8. The monoisotopic (exact) mass is 440 g/mol. The molecule has 168 valence electrons. The number of carbonyl (C=O) groups excluding carboxylic acids is 2. The lowest BCUT2D eigenvalue weighted by Gasteiger charge is -2.11. The minimum Gasteiger partial charge on any atom is -0.352 e. The Labute approximate surface area is 193 Å². The molecule has 0 spiro atoms. The van der Waals surface area contributed by atoms with Gasteiger partial charge in [-0.3, -0.25) is 9.59 Å². The summed E-state index contributed by atoms with van der Waals surface area (Å²) >= 11 is 0. The second kappa shape index (κ2) is 10.1. The molecule has 0 aliphatic carbocycles. The van der Waals surface area contributed by atoms with Crippen LogP contribution in [0, 0.1) is 13.8 Å². The third-order valence-electron chi connectivity index (χ3n) is 5.55. The van der Waals surface area contributed by atoms with Crippen LogP contribution in [0.1, 0.15) is 33.7 Å². The summed E-state index contributed by atoms with van der Waals surface area (Å²) in [6.45, 7) is 4.72. The Kier molecular flexibility index (Phi) is 6.83. The summed E-state index contributed by atoms with van der Waals surface area (Å²) in [5.41, 5.74) is 5.48. The molecule has 0 atom stereocenters. The molecule has 0 aliphatic heterocycles. The van der Waals surface area contributed by atoms with Crippen molar-refractivity contribution >= 4 is 28.5 Å². The Morgan fingerprint density at radius 3 is 2.27 bits per heavy atom. The van der Waals surface area contributed by atoms with Crippen molar-refractivity contribution in [3.8, 4) is 0 Å². The van der Waals surface area contributed by atoms with Gasteiger partial charge in [-0.05, 0) is 56.7 Å². The number of amides is 2. The van der Waals surface area contributed by atoms with E-state index in [0.717, 1.165) is 40.1 Å². The van der Waals surface area contributed by atoms with Crippen molar-refractivity contribution in [3.05, 3.63) is 95.3 Å². The fourth-order valence-electron chi connectivity index (χ4n) is 3.73. The van der Waals surface area contributed by atoms with E-state index in [9.17, 15) is 9.59 Å². The fraction of sp³-hybridized carbons (Fsp3) is 0.222. The lowest BCUT2D eigenvalue weighted by Crippen LogP contribution is -2.25. The summed E-state index contributed by atoms with van der Waals surface area (Å²) in [7, 11) is 0. The lowest BCUT2D eigenvalue weighted by molar-refractivity contribution is -0.116. The van der Waals surface area contributed by atoms with Gasteiger partial charge in [0.1, 0.15) is 12.4 Å². The maximum absolute atomic E-state index is 12.7. The zero-order chi connectivity index (χ0) is 23.2. The number of aromatic nitrogens is 2. The number of nitrogens with one attached hydrogen (secondary N) is 2. The molecule has 0 saturated carbocycles. The van der Waals surface area contributed by atoms with Crippen LogP contribution in [0.2, 0.25) is 0 Å². The predicted octanol–water partition coefficient (Wildman–Crippen LogP) is 4.65. The molecular formula is C27H28N4O2. The Bertz CT molecular complexity index is 1260. The van der Waals surface area contributed by atoms with Crippen molar-refractivity contribution in [2.45, 2.75) is 33.2 Å². The van der Waals surface area contributed by atoms with E-state index in [1.54, 1.807) is 0 Å². The number of para-hydroxylation sites is 2. The molecule has 2 amide bonds. The molecule has 2 N–H and O–H groups in total. The summed E-state index contributed by atoms with van der Waals surface area (Å²) in [5.74, 6) is 0.650. The normalized spacial score (nSPS) is 10.8. The van der Waals surface area contributed by atoms with E-state index < -0.39 is 0 Å². The Balaban J connectivity index is 1.40. The minimum atomic E-state index is -0.101. The number of nitrogens with zero attached hydrogens (tertiary/aromatic N) is 2. The number of aryl methyl sites for hydroxylation is 3. The third-order valence-corrected chi connectivity index (χ3v) is 5.55. The standard InChI is InChI=1S/C27H28N4O2/c1-19-9-13-21(14-10-19)27(33)28-17-5-8-25-30-23-6-3-4-7-24(23)31(25)18-26(32)29-22-15-11-20(2)12-16-22/h3-4,6-7,9-16H,5,8,17-18H2,1-2H3,(H,28,33)(H,29,32). The van der Waals surface area contributed by atoms with Gasteiger partial charge in [0.2, 0.25) is 5.91 Å². The van der Waals surface area contributed by atoms with Crippen molar-refractivity contribution in [1.82, 2.24) is 14.9 Å². The third kappa shape index (κ3) is 5.66. The molecule has 0 fully saturated rings. The van der Waals surface area contributed by atoms with Gasteiger partial charge < -0.3 is 15.2 Å². The maximum atomic E-state index is 12.7. The lowest BCUT2D eigenvalue weighted by atomic mass is 10.1. The van der Waals surface area contributed by atoms with Gasteiger partial charge in [-0.25, -0.2) is 4.98 Å². The van der Waals surface area contributed by atoms with Crippen LogP contribution < -0.4 is 10.6 Å². The number of hydrogen-bond donors (Lipinski definition) is 2. The van der Waals surface area contributed by atoms with Crippen molar-refractivity contribution in [1.29, 1.82) is 0 Å². The zero-order valence-corrected chi connectivity index (χ0v) is 19.0. The van der Waals surface area contributed by atoms with Gasteiger partial charge >= 0.3 is 0 Å². The first kappa shape index (κ1) is 22.3. The van der Waals surface area contributed by atoms with E-state index in [-0.39, 0.29) is 18.4 Å². The summed E-state index contributed by atoms with van der Waals surface area (Å²) < 4.78 is 1.96. The Morgan fingerprint density at radius 2 is 1.55 bits per heavy atom. The van der Waals surface area contributed by atoms with Gasteiger partial charge in [0.25, 0.3) is 5.91 Å². The highest BCUT2D eigenvalue weighted by atomic mass is 16.2. The highest BCUT2D eigenvalue weighted by molar-refractivity contribution is 5.94. The molecule has 6 nitrogen and oxygen atoms in total. The van der Waals surface area contributed by atoms with Crippen LogP contribution in [0.25, 0.3) is 11.0 Å². The van der Waals surface area contributed by atoms with Crippen molar-refractivity contribution in [2.24, 2.45) is 0 Å². The SMILES string of the molecule is Cc1ccc(NC(=O)Cn2c(CCCNC(=O)c3ccc(C)cc3)nc3ccccc32)cc1. The number of rotatable bonds is 8. The molecule has 6 heteroatoms. The number of carbonyl (C=O) groups is 2. The molecular weight excluding hydrogens is 412 g/mol. The molecule has 1 heterocycles. The first-order chi connectivity index (χ1) is 16.0. The molecule has 0 bridgehead atoms. The van der Waals surface area contributed by atoms with Gasteiger partial charge in [0.15, 0.2) is 0 Å². The van der Waals surface area contributed by atoms with Crippen LogP contribution in [0.3, 0.4) is 0 Å². The largest absolute Gasteiger partial charge is 0.352 e. The fourth-order valence-corrected chi connectivity index (χ4v) is 3.73. The molecule has 4 aromatic rings. The quantitative estimate of drug-likeness (QED) is 0.392.